The number of nitrogens with zero attached hydrogens (tertiary/aromatic N) is 3. The van der Waals surface area contributed by atoms with Gasteiger partial charge in [-0.15, -0.1) is 0 Å². The van der Waals surface area contributed by atoms with E-state index in [1.54, 1.807) is 0 Å². The van der Waals surface area contributed by atoms with Crippen molar-refractivity contribution in [1.82, 2.24) is 20.1 Å². The van der Waals surface area contributed by atoms with E-state index in [0.717, 1.165) is 49.6 Å². The van der Waals surface area contributed by atoms with Crippen LogP contribution in [0.25, 0.3) is 11.4 Å². The first kappa shape index (κ1) is 17.3. The monoisotopic (exact) mass is 352 g/mol. The summed E-state index contributed by atoms with van der Waals surface area (Å²) in [5.74, 6) is 3.15. The van der Waals surface area contributed by atoms with Crippen LogP contribution < -0.4 is 0 Å². The summed E-state index contributed by atoms with van der Waals surface area (Å²) in [6.07, 6.45) is 9.12. The maximum atomic E-state index is 12.6. The minimum atomic E-state index is 0.363. The van der Waals surface area contributed by atoms with E-state index in [1.165, 1.54) is 32.1 Å². The maximum absolute atomic E-state index is 12.6. The number of likely N-dealkylation sites (tertiary alicyclic amines) is 1. The normalized spacial score (nSPS) is 21.2. The highest BCUT2D eigenvalue weighted by Gasteiger charge is 2.28. The van der Waals surface area contributed by atoms with Crippen LogP contribution in [0.1, 0.15) is 50.8 Å². The number of rotatable bonds is 5. The first-order valence-corrected chi connectivity index (χ1v) is 10.0. The molecule has 1 aromatic heterocycles. The van der Waals surface area contributed by atoms with Crippen molar-refractivity contribution < 1.29 is 4.79 Å². The molecule has 2 aromatic rings. The number of benzene rings is 1. The minimum absolute atomic E-state index is 0.363. The van der Waals surface area contributed by atoms with E-state index in [4.69, 9.17) is 0 Å². The van der Waals surface area contributed by atoms with Crippen molar-refractivity contribution in [2.45, 2.75) is 51.4 Å². The van der Waals surface area contributed by atoms with E-state index in [-0.39, 0.29) is 0 Å². The molecule has 26 heavy (non-hydrogen) atoms. The first-order valence-electron chi connectivity index (χ1n) is 10.0. The molecule has 5 nitrogen and oxygen atoms in total. The van der Waals surface area contributed by atoms with Crippen LogP contribution in [0.15, 0.2) is 30.3 Å². The summed E-state index contributed by atoms with van der Waals surface area (Å²) in [5, 5.41) is 7.42. The van der Waals surface area contributed by atoms with Gasteiger partial charge in [0.2, 0.25) is 5.91 Å². The Morgan fingerprint density at radius 2 is 1.88 bits per heavy atom. The summed E-state index contributed by atoms with van der Waals surface area (Å²) < 4.78 is 0. The SMILES string of the molecule is O=C(CC1CCCCC1)N1CCC(Cc2nc(-c3ccccc3)n[nH]2)C1. The molecule has 1 amide bonds. The van der Waals surface area contributed by atoms with Crippen molar-refractivity contribution >= 4 is 5.91 Å². The third kappa shape index (κ3) is 4.14. The van der Waals surface area contributed by atoms with Crippen LogP contribution >= 0.6 is 0 Å². The Kier molecular flexibility index (Phi) is 5.32. The fraction of sp³-hybridized carbons (Fsp3) is 0.571. The van der Waals surface area contributed by atoms with E-state index in [0.29, 0.717) is 17.7 Å². The van der Waals surface area contributed by atoms with Crippen molar-refractivity contribution in [3.8, 4) is 11.4 Å². The lowest BCUT2D eigenvalue weighted by molar-refractivity contribution is -0.131. The molecule has 1 saturated carbocycles. The molecule has 4 rings (SSSR count). The van der Waals surface area contributed by atoms with Crippen LogP contribution in [-0.4, -0.2) is 39.1 Å². The maximum Gasteiger partial charge on any atom is 0.222 e. The molecular weight excluding hydrogens is 324 g/mol. The number of hydrogen-bond acceptors (Lipinski definition) is 3. The Morgan fingerprint density at radius 1 is 1.08 bits per heavy atom. The minimum Gasteiger partial charge on any atom is -0.342 e. The molecule has 1 aliphatic heterocycles. The summed E-state index contributed by atoms with van der Waals surface area (Å²) >= 11 is 0. The average molecular weight is 352 g/mol. The molecule has 1 aliphatic carbocycles. The highest BCUT2D eigenvalue weighted by molar-refractivity contribution is 5.76. The van der Waals surface area contributed by atoms with Crippen LogP contribution in [0.4, 0.5) is 0 Å². The summed E-state index contributed by atoms with van der Waals surface area (Å²) in [7, 11) is 0. The van der Waals surface area contributed by atoms with Crippen molar-refractivity contribution in [3.05, 3.63) is 36.2 Å². The van der Waals surface area contributed by atoms with Gasteiger partial charge in [-0.25, -0.2) is 4.98 Å². The Hall–Kier alpha value is -2.17. The van der Waals surface area contributed by atoms with Gasteiger partial charge >= 0.3 is 0 Å². The number of hydrogen-bond donors (Lipinski definition) is 1. The number of amides is 1. The Bertz CT molecular complexity index is 721. The molecule has 1 aromatic carbocycles. The van der Waals surface area contributed by atoms with Crippen molar-refractivity contribution in [2.24, 2.45) is 11.8 Å². The van der Waals surface area contributed by atoms with Crippen molar-refractivity contribution in [1.29, 1.82) is 0 Å². The Morgan fingerprint density at radius 3 is 2.69 bits per heavy atom. The van der Waals surface area contributed by atoms with Gasteiger partial charge in [0.25, 0.3) is 0 Å². The molecule has 5 heteroatoms. The zero-order chi connectivity index (χ0) is 17.8. The molecular formula is C21H28N4O. The van der Waals surface area contributed by atoms with Gasteiger partial charge in [-0.3, -0.25) is 9.89 Å². The molecule has 2 heterocycles. The lowest BCUT2D eigenvalue weighted by Gasteiger charge is -2.24. The van der Waals surface area contributed by atoms with Gasteiger partial charge in [0.15, 0.2) is 5.82 Å². The third-order valence-electron chi connectivity index (χ3n) is 5.87. The Balaban J connectivity index is 1.29. The fourth-order valence-electron chi connectivity index (χ4n) is 4.37. The second kappa shape index (κ2) is 8.02. The van der Waals surface area contributed by atoms with Crippen LogP contribution in [0.2, 0.25) is 0 Å². The van der Waals surface area contributed by atoms with Crippen molar-refractivity contribution in [2.75, 3.05) is 13.1 Å². The summed E-state index contributed by atoms with van der Waals surface area (Å²) in [6.45, 7) is 1.77. The van der Waals surface area contributed by atoms with Gasteiger partial charge in [0.05, 0.1) is 0 Å². The molecule has 2 aliphatic rings. The lowest BCUT2D eigenvalue weighted by Crippen LogP contribution is -2.31. The quantitative estimate of drug-likeness (QED) is 0.889. The molecule has 0 bridgehead atoms. The van der Waals surface area contributed by atoms with Crippen molar-refractivity contribution in [3.63, 3.8) is 0 Å². The zero-order valence-electron chi connectivity index (χ0n) is 15.4. The molecule has 1 saturated heterocycles. The first-order chi connectivity index (χ1) is 12.8. The second-order valence-electron chi connectivity index (χ2n) is 7.88. The topological polar surface area (TPSA) is 61.9 Å². The van der Waals surface area contributed by atoms with Crippen LogP contribution in [0.5, 0.6) is 0 Å². The lowest BCUT2D eigenvalue weighted by atomic mass is 9.87. The second-order valence-corrected chi connectivity index (χ2v) is 7.88. The Labute approximate surface area is 155 Å². The predicted molar refractivity (Wildman–Crippen MR) is 101 cm³/mol. The van der Waals surface area contributed by atoms with Gasteiger partial charge in [0, 0.05) is 31.5 Å². The van der Waals surface area contributed by atoms with E-state index >= 15 is 0 Å². The van der Waals surface area contributed by atoms with Gasteiger partial charge in [-0.05, 0) is 31.1 Å². The molecule has 1 unspecified atom stereocenters. The van der Waals surface area contributed by atoms with Gasteiger partial charge in [-0.1, -0.05) is 49.6 Å². The molecule has 1 atom stereocenters. The van der Waals surface area contributed by atoms with Crippen LogP contribution in [-0.2, 0) is 11.2 Å². The van der Waals surface area contributed by atoms with Gasteiger partial charge in [0.1, 0.15) is 5.82 Å². The highest BCUT2D eigenvalue weighted by Crippen LogP contribution is 2.28. The van der Waals surface area contributed by atoms with E-state index in [1.807, 2.05) is 30.3 Å². The average Bonchev–Trinajstić information content (AvgIpc) is 3.33. The number of H-pyrrole nitrogens is 1. The van der Waals surface area contributed by atoms with E-state index < -0.39 is 0 Å². The zero-order valence-corrected chi connectivity index (χ0v) is 15.4. The number of carbonyl (C=O) groups excluding carboxylic acids is 1. The number of nitrogens with one attached hydrogen (secondary N) is 1. The van der Waals surface area contributed by atoms with Gasteiger partial charge < -0.3 is 4.90 Å². The standard InChI is InChI=1S/C21H28N4O/c26-20(14-16-7-3-1-4-8-16)25-12-11-17(15-25)13-19-22-21(24-23-19)18-9-5-2-6-10-18/h2,5-6,9-10,16-17H,1,3-4,7-8,11-15H2,(H,22,23,24). The molecule has 1 N–H and O–H groups in total. The number of aromatic amines is 1. The fourth-order valence-corrected chi connectivity index (χ4v) is 4.37. The smallest absolute Gasteiger partial charge is 0.222 e. The van der Waals surface area contributed by atoms with Crippen LogP contribution in [0.3, 0.4) is 0 Å². The van der Waals surface area contributed by atoms with Gasteiger partial charge in [-0.2, -0.15) is 5.10 Å². The summed E-state index contributed by atoms with van der Waals surface area (Å²) in [4.78, 5) is 19.3. The summed E-state index contributed by atoms with van der Waals surface area (Å²) in [5.41, 5.74) is 1.03. The number of carbonyl (C=O) groups is 1. The summed E-state index contributed by atoms with van der Waals surface area (Å²) in [6, 6.07) is 10.0. The van der Waals surface area contributed by atoms with E-state index in [2.05, 4.69) is 20.1 Å². The highest BCUT2D eigenvalue weighted by atomic mass is 16.2. The molecule has 138 valence electrons. The number of aromatic nitrogens is 3. The molecule has 0 radical (unpaired) electrons. The predicted octanol–water partition coefficient (Wildman–Crippen LogP) is 3.83. The molecule has 2 fully saturated rings. The molecule has 0 spiro atoms. The van der Waals surface area contributed by atoms with E-state index in [9.17, 15) is 4.79 Å². The largest absolute Gasteiger partial charge is 0.342 e. The van der Waals surface area contributed by atoms with Crippen LogP contribution in [0, 0.1) is 11.8 Å². The third-order valence-corrected chi connectivity index (χ3v) is 5.87.